The SMILES string of the molecule is CC(C)=CC(=O)n1ccnc1. The Balaban J connectivity index is 2.80. The van der Waals surface area contributed by atoms with Crippen LogP contribution in [-0.2, 0) is 0 Å². The van der Waals surface area contributed by atoms with Crippen LogP contribution >= 0.6 is 0 Å². The van der Waals surface area contributed by atoms with Crippen LogP contribution in [-0.4, -0.2) is 15.5 Å². The van der Waals surface area contributed by atoms with Crippen molar-refractivity contribution in [3.8, 4) is 0 Å². The van der Waals surface area contributed by atoms with Crippen molar-refractivity contribution >= 4 is 5.91 Å². The molecule has 0 aliphatic carbocycles. The van der Waals surface area contributed by atoms with Gasteiger partial charge >= 0.3 is 0 Å². The van der Waals surface area contributed by atoms with Crippen molar-refractivity contribution in [2.45, 2.75) is 13.8 Å². The maximum atomic E-state index is 11.2. The number of carbonyl (C=O) groups excluding carboxylic acids is 1. The molecule has 0 saturated heterocycles. The highest BCUT2D eigenvalue weighted by atomic mass is 16.1. The zero-order valence-corrected chi connectivity index (χ0v) is 6.61. The van der Waals surface area contributed by atoms with Crippen LogP contribution in [0, 0.1) is 0 Å². The zero-order valence-electron chi connectivity index (χ0n) is 6.61. The summed E-state index contributed by atoms with van der Waals surface area (Å²) in [4.78, 5) is 14.9. The van der Waals surface area contributed by atoms with Crippen LogP contribution in [0.1, 0.15) is 18.6 Å². The molecule has 0 fully saturated rings. The van der Waals surface area contributed by atoms with E-state index in [0.29, 0.717) is 0 Å². The van der Waals surface area contributed by atoms with E-state index in [1.807, 2.05) is 13.8 Å². The number of hydrogen-bond donors (Lipinski definition) is 0. The number of hydrogen-bond acceptors (Lipinski definition) is 2. The Hall–Kier alpha value is -1.38. The first-order valence-electron chi connectivity index (χ1n) is 3.37. The highest BCUT2D eigenvalue weighted by molar-refractivity contribution is 5.90. The van der Waals surface area contributed by atoms with Crippen LogP contribution in [0.5, 0.6) is 0 Å². The molecule has 0 bridgehead atoms. The Labute approximate surface area is 65.4 Å². The van der Waals surface area contributed by atoms with Gasteiger partial charge in [0.2, 0.25) is 0 Å². The molecule has 0 atom stereocenters. The summed E-state index contributed by atoms with van der Waals surface area (Å²) in [6.45, 7) is 3.77. The minimum absolute atomic E-state index is 0.0532. The number of nitrogens with zero attached hydrogens (tertiary/aromatic N) is 2. The monoisotopic (exact) mass is 150 g/mol. The fourth-order valence-corrected chi connectivity index (χ4v) is 0.711. The third-order valence-corrected chi connectivity index (χ3v) is 1.17. The van der Waals surface area contributed by atoms with Gasteiger partial charge in [-0.05, 0) is 13.8 Å². The predicted molar refractivity (Wildman–Crippen MR) is 42.3 cm³/mol. The van der Waals surface area contributed by atoms with Crippen molar-refractivity contribution in [3.05, 3.63) is 30.4 Å². The lowest BCUT2D eigenvalue weighted by Gasteiger charge is -1.93. The van der Waals surface area contributed by atoms with Crippen LogP contribution in [0.15, 0.2) is 30.4 Å². The van der Waals surface area contributed by atoms with Gasteiger partial charge in [-0.2, -0.15) is 0 Å². The van der Waals surface area contributed by atoms with Gasteiger partial charge in [-0.25, -0.2) is 4.98 Å². The second kappa shape index (κ2) is 3.14. The summed E-state index contributed by atoms with van der Waals surface area (Å²) >= 11 is 0. The molecule has 0 spiro atoms. The fraction of sp³-hybridized carbons (Fsp3) is 0.250. The summed E-state index contributed by atoms with van der Waals surface area (Å²) in [6, 6.07) is 0. The van der Waals surface area contributed by atoms with E-state index in [0.717, 1.165) is 5.57 Å². The molecule has 11 heavy (non-hydrogen) atoms. The van der Waals surface area contributed by atoms with Gasteiger partial charge in [0.15, 0.2) is 0 Å². The molecule has 58 valence electrons. The molecule has 0 aliphatic rings. The van der Waals surface area contributed by atoms with Crippen LogP contribution in [0.3, 0.4) is 0 Å². The quantitative estimate of drug-likeness (QED) is 0.568. The van der Waals surface area contributed by atoms with Crippen molar-refractivity contribution in [1.29, 1.82) is 0 Å². The highest BCUT2D eigenvalue weighted by Gasteiger charge is 1.97. The molecule has 0 aliphatic heterocycles. The van der Waals surface area contributed by atoms with Gasteiger partial charge < -0.3 is 0 Å². The maximum Gasteiger partial charge on any atom is 0.255 e. The van der Waals surface area contributed by atoms with Gasteiger partial charge in [-0.1, -0.05) is 5.57 Å². The standard InChI is InChI=1S/C8H10N2O/c1-7(2)5-8(11)10-4-3-9-6-10/h3-6H,1-2H3. The molecule has 1 rings (SSSR count). The summed E-state index contributed by atoms with van der Waals surface area (Å²) in [7, 11) is 0. The van der Waals surface area contributed by atoms with Crippen LogP contribution in [0.25, 0.3) is 0 Å². The number of imidazole rings is 1. The Morgan fingerprint density at radius 3 is 2.73 bits per heavy atom. The first kappa shape index (κ1) is 7.72. The molecule has 0 aromatic carbocycles. The van der Waals surface area contributed by atoms with Gasteiger partial charge in [0.05, 0.1) is 0 Å². The number of allylic oxidation sites excluding steroid dienone is 2. The Kier molecular flexibility index (Phi) is 2.21. The fourth-order valence-electron chi connectivity index (χ4n) is 0.711. The van der Waals surface area contributed by atoms with Crippen molar-refractivity contribution in [3.63, 3.8) is 0 Å². The summed E-state index contributed by atoms with van der Waals surface area (Å²) in [5.41, 5.74) is 0.990. The second-order valence-electron chi connectivity index (χ2n) is 2.53. The van der Waals surface area contributed by atoms with Gasteiger partial charge in [0.25, 0.3) is 5.91 Å². The summed E-state index contributed by atoms with van der Waals surface area (Å²) in [5.74, 6) is -0.0532. The second-order valence-corrected chi connectivity index (χ2v) is 2.53. The summed E-state index contributed by atoms with van der Waals surface area (Å²) < 4.78 is 1.44. The molecule has 1 heterocycles. The van der Waals surface area contributed by atoms with Gasteiger partial charge in [-0.3, -0.25) is 9.36 Å². The lowest BCUT2D eigenvalue weighted by Crippen LogP contribution is -2.04. The van der Waals surface area contributed by atoms with Gasteiger partial charge in [0, 0.05) is 18.5 Å². The Morgan fingerprint density at radius 1 is 1.55 bits per heavy atom. The third-order valence-electron chi connectivity index (χ3n) is 1.17. The first-order valence-corrected chi connectivity index (χ1v) is 3.37. The van der Waals surface area contributed by atoms with E-state index >= 15 is 0 Å². The molecule has 0 unspecified atom stereocenters. The number of rotatable bonds is 1. The van der Waals surface area contributed by atoms with Crippen molar-refractivity contribution in [2.75, 3.05) is 0 Å². The van der Waals surface area contributed by atoms with E-state index in [4.69, 9.17) is 0 Å². The molecule has 1 aromatic heterocycles. The average molecular weight is 150 g/mol. The van der Waals surface area contributed by atoms with Crippen molar-refractivity contribution in [1.82, 2.24) is 9.55 Å². The minimum Gasteiger partial charge on any atom is -0.273 e. The summed E-state index contributed by atoms with van der Waals surface area (Å²) in [6.07, 6.45) is 6.27. The predicted octanol–water partition coefficient (Wildman–Crippen LogP) is 1.49. The van der Waals surface area contributed by atoms with E-state index in [1.165, 1.54) is 10.9 Å². The zero-order chi connectivity index (χ0) is 8.27. The largest absolute Gasteiger partial charge is 0.273 e. The van der Waals surface area contributed by atoms with Gasteiger partial charge in [-0.15, -0.1) is 0 Å². The molecule has 0 N–H and O–H groups in total. The van der Waals surface area contributed by atoms with Crippen molar-refractivity contribution in [2.24, 2.45) is 0 Å². The number of carbonyl (C=O) groups is 1. The molecule has 1 aromatic rings. The molecule has 0 saturated carbocycles. The minimum atomic E-state index is -0.0532. The lowest BCUT2D eigenvalue weighted by atomic mass is 10.3. The summed E-state index contributed by atoms with van der Waals surface area (Å²) in [5, 5.41) is 0. The molecule has 3 heteroatoms. The Morgan fingerprint density at radius 2 is 2.27 bits per heavy atom. The van der Waals surface area contributed by atoms with E-state index in [9.17, 15) is 4.79 Å². The molecular weight excluding hydrogens is 140 g/mol. The lowest BCUT2D eigenvalue weighted by molar-refractivity contribution is 0.0968. The van der Waals surface area contributed by atoms with Crippen LogP contribution in [0.2, 0.25) is 0 Å². The smallest absolute Gasteiger partial charge is 0.255 e. The maximum absolute atomic E-state index is 11.2. The molecule has 0 radical (unpaired) electrons. The van der Waals surface area contributed by atoms with Crippen molar-refractivity contribution < 1.29 is 4.79 Å². The van der Waals surface area contributed by atoms with Crippen LogP contribution in [0.4, 0.5) is 0 Å². The van der Waals surface area contributed by atoms with E-state index in [2.05, 4.69) is 4.98 Å². The van der Waals surface area contributed by atoms with E-state index < -0.39 is 0 Å². The van der Waals surface area contributed by atoms with Crippen LogP contribution < -0.4 is 0 Å². The average Bonchev–Trinajstić information content (AvgIpc) is 2.35. The molecular formula is C8H10N2O. The van der Waals surface area contributed by atoms with E-state index in [1.54, 1.807) is 18.5 Å². The third kappa shape index (κ3) is 2.04. The highest BCUT2D eigenvalue weighted by Crippen LogP contribution is 1.92. The first-order chi connectivity index (χ1) is 5.20. The molecule has 0 amide bonds. The normalized spacial score (nSPS) is 9.27. The Bertz CT molecular complexity index is 268. The van der Waals surface area contributed by atoms with E-state index in [-0.39, 0.29) is 5.91 Å². The van der Waals surface area contributed by atoms with Gasteiger partial charge in [0.1, 0.15) is 6.33 Å². The topological polar surface area (TPSA) is 34.9 Å². The molecule has 3 nitrogen and oxygen atoms in total. The number of aromatic nitrogens is 2.